The molecular weight excluding hydrogens is 440 g/mol. The molecule has 0 aliphatic heterocycles. The molecule has 2 heteroatoms. The van der Waals surface area contributed by atoms with Gasteiger partial charge in [-0.25, -0.2) is 4.79 Å². The Balaban J connectivity index is 1.39. The first-order valence-electron chi connectivity index (χ1n) is 12.2. The van der Waals surface area contributed by atoms with E-state index in [1.54, 1.807) is 0 Å². The van der Waals surface area contributed by atoms with Crippen molar-refractivity contribution in [3.63, 3.8) is 0 Å². The first kappa shape index (κ1) is 20.7. The SMILES string of the molecule is O=C(O)c1cc(-c2ccc3ccccc3c2)cc2c1Cc1ccc(-c3ccc4ccccc4c3)cc1-2. The van der Waals surface area contributed by atoms with Crippen molar-refractivity contribution in [2.75, 3.05) is 0 Å². The van der Waals surface area contributed by atoms with Crippen molar-refractivity contribution in [3.8, 4) is 33.4 Å². The van der Waals surface area contributed by atoms with Crippen LogP contribution in [0.1, 0.15) is 21.5 Å². The van der Waals surface area contributed by atoms with E-state index >= 15 is 0 Å². The van der Waals surface area contributed by atoms with E-state index in [4.69, 9.17) is 0 Å². The summed E-state index contributed by atoms with van der Waals surface area (Å²) in [6.07, 6.45) is 0.641. The van der Waals surface area contributed by atoms with E-state index in [1.807, 2.05) is 18.2 Å². The molecule has 0 saturated carbocycles. The molecule has 0 saturated heterocycles. The van der Waals surface area contributed by atoms with E-state index in [9.17, 15) is 9.90 Å². The molecular formula is C34H22O2. The number of hydrogen-bond acceptors (Lipinski definition) is 1. The number of carboxylic acid groups (broad SMARTS) is 1. The van der Waals surface area contributed by atoms with Gasteiger partial charge in [0.2, 0.25) is 0 Å². The van der Waals surface area contributed by atoms with Crippen LogP contribution in [0.15, 0.2) is 115 Å². The molecule has 0 atom stereocenters. The zero-order chi connectivity index (χ0) is 24.2. The van der Waals surface area contributed by atoms with Gasteiger partial charge < -0.3 is 5.11 Å². The smallest absolute Gasteiger partial charge is 0.336 e. The predicted molar refractivity (Wildman–Crippen MR) is 148 cm³/mol. The number of carboxylic acids is 1. The molecule has 1 N–H and O–H groups in total. The summed E-state index contributed by atoms with van der Waals surface area (Å²) < 4.78 is 0. The molecule has 6 aromatic rings. The minimum Gasteiger partial charge on any atom is -0.478 e. The van der Waals surface area contributed by atoms with E-state index < -0.39 is 5.97 Å². The van der Waals surface area contributed by atoms with Gasteiger partial charge in [-0.2, -0.15) is 0 Å². The van der Waals surface area contributed by atoms with Crippen LogP contribution >= 0.6 is 0 Å². The number of fused-ring (bicyclic) bond motifs is 5. The van der Waals surface area contributed by atoms with E-state index in [0.29, 0.717) is 12.0 Å². The highest BCUT2D eigenvalue weighted by molar-refractivity contribution is 5.98. The highest BCUT2D eigenvalue weighted by atomic mass is 16.4. The van der Waals surface area contributed by atoms with Gasteiger partial charge in [0.1, 0.15) is 0 Å². The fraction of sp³-hybridized carbons (Fsp3) is 0.0294. The van der Waals surface area contributed by atoms with Gasteiger partial charge in [0.15, 0.2) is 0 Å². The van der Waals surface area contributed by atoms with E-state index in [-0.39, 0.29) is 0 Å². The lowest BCUT2D eigenvalue weighted by molar-refractivity contribution is 0.0696. The Labute approximate surface area is 209 Å². The van der Waals surface area contributed by atoms with Gasteiger partial charge in [-0.05, 0) is 103 Å². The second kappa shape index (κ2) is 7.93. The molecule has 0 fully saturated rings. The molecule has 0 heterocycles. The predicted octanol–water partition coefficient (Wildman–Crippen LogP) is 8.60. The van der Waals surface area contributed by atoms with Gasteiger partial charge in [0.25, 0.3) is 0 Å². The van der Waals surface area contributed by atoms with Crippen molar-refractivity contribution >= 4 is 27.5 Å². The minimum absolute atomic E-state index is 0.388. The molecule has 170 valence electrons. The molecule has 0 unspecified atom stereocenters. The maximum Gasteiger partial charge on any atom is 0.336 e. The second-order valence-electron chi connectivity index (χ2n) is 9.53. The Morgan fingerprint density at radius 1 is 0.528 bits per heavy atom. The maximum absolute atomic E-state index is 12.3. The maximum atomic E-state index is 12.3. The van der Waals surface area contributed by atoms with Gasteiger partial charge in [0, 0.05) is 0 Å². The lowest BCUT2D eigenvalue weighted by atomic mass is 9.92. The summed E-state index contributed by atoms with van der Waals surface area (Å²) in [5.41, 5.74) is 8.87. The Bertz CT molecular complexity index is 1840. The Morgan fingerprint density at radius 2 is 1.06 bits per heavy atom. The van der Waals surface area contributed by atoms with Crippen LogP contribution in [0, 0.1) is 0 Å². The molecule has 0 amide bonds. The largest absolute Gasteiger partial charge is 0.478 e. The monoisotopic (exact) mass is 462 g/mol. The number of hydrogen-bond donors (Lipinski definition) is 1. The summed E-state index contributed by atoms with van der Waals surface area (Å²) in [7, 11) is 0. The lowest BCUT2D eigenvalue weighted by Gasteiger charge is -2.12. The lowest BCUT2D eigenvalue weighted by Crippen LogP contribution is -2.02. The normalized spacial score (nSPS) is 12.0. The third-order valence-electron chi connectivity index (χ3n) is 7.41. The van der Waals surface area contributed by atoms with Gasteiger partial charge in [-0.3, -0.25) is 0 Å². The summed E-state index contributed by atoms with van der Waals surface area (Å²) >= 11 is 0. The van der Waals surface area contributed by atoms with E-state index in [0.717, 1.165) is 44.3 Å². The Hall–Kier alpha value is -4.69. The van der Waals surface area contributed by atoms with Gasteiger partial charge in [-0.15, -0.1) is 0 Å². The van der Waals surface area contributed by atoms with Crippen molar-refractivity contribution in [2.24, 2.45) is 0 Å². The zero-order valence-corrected chi connectivity index (χ0v) is 19.5. The minimum atomic E-state index is -0.878. The van der Waals surface area contributed by atoms with Crippen LogP contribution in [0.4, 0.5) is 0 Å². The average Bonchev–Trinajstić information content (AvgIpc) is 3.29. The van der Waals surface area contributed by atoms with Crippen LogP contribution in [0.5, 0.6) is 0 Å². The molecule has 0 radical (unpaired) electrons. The van der Waals surface area contributed by atoms with Crippen LogP contribution in [-0.4, -0.2) is 11.1 Å². The molecule has 0 spiro atoms. The highest BCUT2D eigenvalue weighted by Gasteiger charge is 2.25. The van der Waals surface area contributed by atoms with Crippen molar-refractivity contribution in [1.29, 1.82) is 0 Å². The molecule has 0 aromatic heterocycles. The Kier molecular flexibility index (Phi) is 4.55. The summed E-state index contributed by atoms with van der Waals surface area (Å²) in [5, 5.41) is 14.9. The summed E-state index contributed by atoms with van der Waals surface area (Å²) in [6.45, 7) is 0. The molecule has 36 heavy (non-hydrogen) atoms. The van der Waals surface area contributed by atoms with Crippen molar-refractivity contribution in [1.82, 2.24) is 0 Å². The molecule has 1 aliphatic rings. The number of carbonyl (C=O) groups is 1. The standard InChI is InChI=1S/C34H22O2/c35-34(36)33-20-29(26-12-10-22-6-2-4-8-24(22)16-26)19-31-30-17-27(13-14-28(30)18-32(31)33)25-11-9-21-5-1-3-7-23(21)15-25/h1-17,19-20H,18H2,(H,35,36). The molecule has 7 rings (SSSR count). The van der Waals surface area contributed by atoms with Crippen LogP contribution in [0.25, 0.3) is 54.9 Å². The first-order chi connectivity index (χ1) is 17.6. The van der Waals surface area contributed by atoms with Crippen LogP contribution < -0.4 is 0 Å². The first-order valence-corrected chi connectivity index (χ1v) is 12.2. The van der Waals surface area contributed by atoms with Gasteiger partial charge in [0.05, 0.1) is 5.56 Å². The van der Waals surface area contributed by atoms with Crippen molar-refractivity contribution < 1.29 is 9.90 Å². The number of benzene rings is 6. The molecule has 2 nitrogen and oxygen atoms in total. The van der Waals surface area contributed by atoms with Gasteiger partial charge >= 0.3 is 5.97 Å². The molecule has 0 bridgehead atoms. The fourth-order valence-electron chi connectivity index (χ4n) is 5.55. The molecule has 6 aromatic carbocycles. The van der Waals surface area contributed by atoms with Crippen molar-refractivity contribution in [2.45, 2.75) is 6.42 Å². The quantitative estimate of drug-likeness (QED) is 0.285. The second-order valence-corrected chi connectivity index (χ2v) is 9.53. The summed E-state index contributed by atoms with van der Waals surface area (Å²) in [4.78, 5) is 12.3. The van der Waals surface area contributed by atoms with Crippen molar-refractivity contribution in [3.05, 3.63) is 132 Å². The molecule has 1 aliphatic carbocycles. The van der Waals surface area contributed by atoms with Crippen LogP contribution in [0.2, 0.25) is 0 Å². The number of rotatable bonds is 3. The third-order valence-corrected chi connectivity index (χ3v) is 7.41. The number of aromatic carboxylic acids is 1. The zero-order valence-electron chi connectivity index (χ0n) is 19.5. The third kappa shape index (κ3) is 3.30. The Morgan fingerprint density at radius 3 is 1.69 bits per heavy atom. The van der Waals surface area contributed by atoms with Crippen LogP contribution in [-0.2, 0) is 6.42 Å². The highest BCUT2D eigenvalue weighted by Crippen LogP contribution is 2.43. The summed E-state index contributed by atoms with van der Waals surface area (Å²) in [5.74, 6) is -0.878. The van der Waals surface area contributed by atoms with E-state index in [2.05, 4.69) is 97.1 Å². The topological polar surface area (TPSA) is 37.3 Å². The van der Waals surface area contributed by atoms with Crippen LogP contribution in [0.3, 0.4) is 0 Å². The summed E-state index contributed by atoms with van der Waals surface area (Å²) in [6, 6.07) is 40.0. The van der Waals surface area contributed by atoms with E-state index in [1.165, 1.54) is 21.7 Å². The average molecular weight is 463 g/mol. The fourth-order valence-corrected chi connectivity index (χ4v) is 5.55. The van der Waals surface area contributed by atoms with Gasteiger partial charge in [-0.1, -0.05) is 84.9 Å².